The van der Waals surface area contributed by atoms with Gasteiger partial charge in [-0.1, -0.05) is 12.8 Å². The van der Waals surface area contributed by atoms with Gasteiger partial charge in [-0.25, -0.2) is 13.6 Å². The van der Waals surface area contributed by atoms with Crippen LogP contribution < -0.4 is 0 Å². The SMILES string of the molecule is CCOC(=O)N1CC(c2cc(F)cc(F)c2)N(CC(=O)O)C(=O)C12CCCC2. The molecule has 0 bridgehead atoms. The summed E-state index contributed by atoms with van der Waals surface area (Å²) in [5.74, 6) is -3.46. The molecule has 1 N–H and O–H groups in total. The molecule has 3 rings (SSSR count). The number of rotatable bonds is 4. The third-order valence-electron chi connectivity index (χ3n) is 5.40. The number of hydrogen-bond acceptors (Lipinski definition) is 4. The molecule has 1 aliphatic heterocycles. The molecule has 0 radical (unpaired) electrons. The van der Waals surface area contributed by atoms with Crippen LogP contribution in [-0.4, -0.2) is 58.1 Å². The van der Waals surface area contributed by atoms with Crippen molar-refractivity contribution in [3.8, 4) is 0 Å². The summed E-state index contributed by atoms with van der Waals surface area (Å²) in [6.07, 6.45) is 1.52. The first-order valence-electron chi connectivity index (χ1n) is 9.21. The van der Waals surface area contributed by atoms with Crippen molar-refractivity contribution in [3.05, 3.63) is 35.4 Å². The molecule has 2 aliphatic rings. The van der Waals surface area contributed by atoms with Crippen molar-refractivity contribution in [3.63, 3.8) is 0 Å². The number of carboxylic acids is 1. The van der Waals surface area contributed by atoms with Crippen molar-refractivity contribution in [2.45, 2.75) is 44.2 Å². The largest absolute Gasteiger partial charge is 0.480 e. The number of carboxylic acid groups (broad SMARTS) is 1. The summed E-state index contributed by atoms with van der Waals surface area (Å²) in [7, 11) is 0. The Bertz CT molecular complexity index is 774. The second-order valence-corrected chi connectivity index (χ2v) is 7.09. The normalized spacial score (nSPS) is 21.2. The Morgan fingerprint density at radius 2 is 1.82 bits per heavy atom. The summed E-state index contributed by atoms with van der Waals surface area (Å²) >= 11 is 0. The first-order chi connectivity index (χ1) is 13.3. The van der Waals surface area contributed by atoms with E-state index in [1.165, 1.54) is 4.90 Å². The van der Waals surface area contributed by atoms with Crippen molar-refractivity contribution >= 4 is 18.0 Å². The summed E-state index contributed by atoms with van der Waals surface area (Å²) in [5, 5.41) is 9.30. The summed E-state index contributed by atoms with van der Waals surface area (Å²) in [6, 6.07) is 1.79. The zero-order valence-electron chi connectivity index (χ0n) is 15.5. The van der Waals surface area contributed by atoms with Gasteiger partial charge in [-0.2, -0.15) is 0 Å². The Balaban J connectivity index is 2.07. The van der Waals surface area contributed by atoms with E-state index in [0.717, 1.165) is 17.0 Å². The van der Waals surface area contributed by atoms with Crippen LogP contribution in [-0.2, 0) is 14.3 Å². The molecule has 1 saturated carbocycles. The van der Waals surface area contributed by atoms with Crippen LogP contribution in [0.1, 0.15) is 44.2 Å². The summed E-state index contributed by atoms with van der Waals surface area (Å²) in [6.45, 7) is 1.03. The molecule has 1 atom stereocenters. The molecule has 1 saturated heterocycles. The van der Waals surface area contributed by atoms with E-state index in [2.05, 4.69) is 0 Å². The zero-order chi connectivity index (χ0) is 20.5. The van der Waals surface area contributed by atoms with Crippen LogP contribution >= 0.6 is 0 Å². The van der Waals surface area contributed by atoms with Gasteiger partial charge in [-0.05, 0) is 37.5 Å². The number of piperazine rings is 1. The molecule has 2 fully saturated rings. The van der Waals surface area contributed by atoms with Crippen LogP contribution in [0.2, 0.25) is 0 Å². The third-order valence-corrected chi connectivity index (χ3v) is 5.40. The molecule has 1 heterocycles. The standard InChI is InChI=1S/C19H22F2N2O5/c1-2-28-18(27)23-10-15(12-7-13(20)9-14(21)8-12)22(11-16(24)25)17(26)19(23)5-3-4-6-19/h7-9,15H,2-6,10-11H2,1H3,(H,24,25). The van der Waals surface area contributed by atoms with Crippen LogP contribution in [0.4, 0.5) is 13.6 Å². The highest BCUT2D eigenvalue weighted by atomic mass is 19.1. The van der Waals surface area contributed by atoms with Gasteiger partial charge in [0.05, 0.1) is 12.6 Å². The van der Waals surface area contributed by atoms with E-state index in [0.29, 0.717) is 31.7 Å². The Kier molecular flexibility index (Phi) is 5.53. The Hall–Kier alpha value is -2.71. The molecule has 9 heteroatoms. The van der Waals surface area contributed by atoms with E-state index in [9.17, 15) is 28.3 Å². The van der Waals surface area contributed by atoms with E-state index < -0.39 is 47.7 Å². The Morgan fingerprint density at radius 1 is 1.21 bits per heavy atom. The molecule has 1 spiro atoms. The fourth-order valence-corrected chi connectivity index (χ4v) is 4.25. The number of nitrogens with zero attached hydrogens (tertiary/aromatic N) is 2. The number of benzene rings is 1. The molecule has 1 aromatic rings. The van der Waals surface area contributed by atoms with E-state index in [1.54, 1.807) is 6.92 Å². The summed E-state index contributed by atoms with van der Waals surface area (Å²) < 4.78 is 32.7. The quantitative estimate of drug-likeness (QED) is 0.846. The lowest BCUT2D eigenvalue weighted by molar-refractivity contribution is -0.160. The van der Waals surface area contributed by atoms with Crippen LogP contribution in [0.25, 0.3) is 0 Å². The van der Waals surface area contributed by atoms with Crippen molar-refractivity contribution in [1.82, 2.24) is 9.80 Å². The van der Waals surface area contributed by atoms with Gasteiger partial charge in [0.15, 0.2) is 0 Å². The zero-order valence-corrected chi connectivity index (χ0v) is 15.5. The van der Waals surface area contributed by atoms with E-state index in [4.69, 9.17) is 4.74 Å². The maximum Gasteiger partial charge on any atom is 0.410 e. The molecular formula is C19H22F2N2O5. The van der Waals surface area contributed by atoms with Gasteiger partial charge in [-0.3, -0.25) is 14.5 Å². The lowest BCUT2D eigenvalue weighted by Gasteiger charge is -2.50. The average molecular weight is 396 g/mol. The number of hydrogen-bond donors (Lipinski definition) is 1. The molecule has 152 valence electrons. The van der Waals surface area contributed by atoms with Crippen molar-refractivity contribution in [2.24, 2.45) is 0 Å². The minimum atomic E-state index is -1.24. The first kappa shape index (κ1) is 20.0. The fourth-order valence-electron chi connectivity index (χ4n) is 4.25. The summed E-state index contributed by atoms with van der Waals surface area (Å²) in [4.78, 5) is 39.8. The lowest BCUT2D eigenvalue weighted by Crippen LogP contribution is -2.67. The molecule has 2 amide bonds. The highest BCUT2D eigenvalue weighted by Gasteiger charge is 2.56. The van der Waals surface area contributed by atoms with E-state index >= 15 is 0 Å². The third kappa shape index (κ3) is 3.53. The highest BCUT2D eigenvalue weighted by molar-refractivity contribution is 5.93. The van der Waals surface area contributed by atoms with Gasteiger partial charge in [0.2, 0.25) is 5.91 Å². The molecule has 1 aliphatic carbocycles. The number of halogens is 2. The van der Waals surface area contributed by atoms with Gasteiger partial charge in [0, 0.05) is 12.6 Å². The molecule has 1 unspecified atom stereocenters. The smallest absolute Gasteiger partial charge is 0.410 e. The van der Waals surface area contributed by atoms with Gasteiger partial charge in [0.25, 0.3) is 0 Å². The lowest BCUT2D eigenvalue weighted by atomic mass is 9.87. The van der Waals surface area contributed by atoms with Crippen molar-refractivity contribution in [1.29, 1.82) is 0 Å². The average Bonchev–Trinajstić information content (AvgIpc) is 3.09. The molecule has 28 heavy (non-hydrogen) atoms. The van der Waals surface area contributed by atoms with Gasteiger partial charge >= 0.3 is 12.1 Å². The predicted molar refractivity (Wildman–Crippen MR) is 93.4 cm³/mol. The minimum absolute atomic E-state index is 0.0919. The van der Waals surface area contributed by atoms with Crippen molar-refractivity contribution in [2.75, 3.05) is 19.7 Å². The number of carbonyl (C=O) groups is 3. The number of aliphatic carboxylic acids is 1. The minimum Gasteiger partial charge on any atom is -0.480 e. The number of ether oxygens (including phenoxy) is 1. The number of carbonyl (C=O) groups excluding carboxylic acids is 2. The number of amides is 2. The Morgan fingerprint density at radius 3 is 2.36 bits per heavy atom. The predicted octanol–water partition coefficient (Wildman–Crippen LogP) is 2.70. The summed E-state index contributed by atoms with van der Waals surface area (Å²) in [5.41, 5.74) is -1.08. The van der Waals surface area contributed by atoms with Gasteiger partial charge in [-0.15, -0.1) is 0 Å². The Labute approximate surface area is 160 Å². The van der Waals surface area contributed by atoms with Crippen LogP contribution in [0, 0.1) is 11.6 Å². The van der Waals surface area contributed by atoms with E-state index in [-0.39, 0.29) is 18.7 Å². The second-order valence-electron chi connectivity index (χ2n) is 7.09. The van der Waals surface area contributed by atoms with E-state index in [1.807, 2.05) is 0 Å². The molecular weight excluding hydrogens is 374 g/mol. The van der Waals surface area contributed by atoms with Crippen molar-refractivity contribution < 1.29 is 33.0 Å². The topological polar surface area (TPSA) is 87.2 Å². The second kappa shape index (κ2) is 7.73. The molecule has 0 aromatic heterocycles. The first-order valence-corrected chi connectivity index (χ1v) is 9.21. The highest BCUT2D eigenvalue weighted by Crippen LogP contribution is 2.44. The van der Waals surface area contributed by atoms with Gasteiger partial charge in [0.1, 0.15) is 23.7 Å². The fraction of sp³-hybridized carbons (Fsp3) is 0.526. The maximum atomic E-state index is 13.8. The maximum absolute atomic E-state index is 13.8. The van der Waals surface area contributed by atoms with Crippen LogP contribution in [0.5, 0.6) is 0 Å². The van der Waals surface area contributed by atoms with Crippen LogP contribution in [0.3, 0.4) is 0 Å². The monoisotopic (exact) mass is 396 g/mol. The molecule has 1 aromatic carbocycles. The van der Waals surface area contributed by atoms with Crippen LogP contribution in [0.15, 0.2) is 18.2 Å². The van der Waals surface area contributed by atoms with Gasteiger partial charge < -0.3 is 14.7 Å². The molecule has 7 nitrogen and oxygen atoms in total.